The minimum absolute atomic E-state index is 0.182. The van der Waals surface area contributed by atoms with Gasteiger partial charge in [-0.05, 0) is 64.6 Å². The van der Waals surface area contributed by atoms with E-state index in [0.717, 1.165) is 17.8 Å². The maximum atomic E-state index is 13.5. The van der Waals surface area contributed by atoms with E-state index in [2.05, 4.69) is 30.9 Å². The molecule has 4 aromatic rings. The second-order valence-corrected chi connectivity index (χ2v) is 10.8. The molecular formula is C28H33Cl2N9O3. The average Bonchev–Trinajstić information content (AvgIpc) is 2.93. The Morgan fingerprint density at radius 3 is 2.36 bits per heavy atom. The summed E-state index contributed by atoms with van der Waals surface area (Å²) in [5.41, 5.74) is 1.23. The molecule has 0 bridgehead atoms. The molecule has 0 aliphatic rings. The lowest BCUT2D eigenvalue weighted by molar-refractivity contribution is 0.102. The molecule has 0 saturated carbocycles. The molecule has 0 aliphatic heterocycles. The number of aromatic nitrogens is 4. The van der Waals surface area contributed by atoms with Crippen LogP contribution in [0.15, 0.2) is 47.4 Å². The van der Waals surface area contributed by atoms with Crippen LogP contribution < -0.4 is 26.3 Å². The SMILES string of the molecule is COn1c(=O)c(-c2cc(NC(=O)c3cc(Cl)nc(NCCN(C)C)c3)ccc2Cl)cc2cnc(NCCN(C)C)nc21. The highest BCUT2D eigenvalue weighted by Crippen LogP contribution is 2.30. The molecule has 0 atom stereocenters. The smallest absolute Gasteiger partial charge is 0.293 e. The van der Waals surface area contributed by atoms with Crippen molar-refractivity contribution in [2.45, 2.75) is 0 Å². The number of hydrogen-bond acceptors (Lipinski definition) is 10. The molecule has 0 radical (unpaired) electrons. The van der Waals surface area contributed by atoms with Crippen LogP contribution in [0.1, 0.15) is 10.4 Å². The third-order valence-electron chi connectivity index (χ3n) is 6.16. The molecule has 0 saturated heterocycles. The van der Waals surface area contributed by atoms with Crippen molar-refractivity contribution < 1.29 is 9.63 Å². The number of pyridine rings is 2. The number of carbonyl (C=O) groups is 1. The zero-order valence-electron chi connectivity index (χ0n) is 24.0. The summed E-state index contributed by atoms with van der Waals surface area (Å²) < 4.78 is 1.09. The highest BCUT2D eigenvalue weighted by Gasteiger charge is 2.18. The van der Waals surface area contributed by atoms with Crippen molar-refractivity contribution in [3.05, 3.63) is 68.7 Å². The van der Waals surface area contributed by atoms with Gasteiger partial charge in [0.1, 0.15) is 18.1 Å². The van der Waals surface area contributed by atoms with Gasteiger partial charge in [0.15, 0.2) is 5.65 Å². The molecular weight excluding hydrogens is 581 g/mol. The molecule has 3 aromatic heterocycles. The molecule has 12 nitrogen and oxygen atoms in total. The predicted octanol–water partition coefficient (Wildman–Crippen LogP) is 3.42. The van der Waals surface area contributed by atoms with Gasteiger partial charge in [-0.15, -0.1) is 4.73 Å². The van der Waals surface area contributed by atoms with Crippen molar-refractivity contribution in [3.63, 3.8) is 0 Å². The Morgan fingerprint density at radius 2 is 1.67 bits per heavy atom. The Hall–Kier alpha value is -3.97. The molecule has 0 aliphatic carbocycles. The van der Waals surface area contributed by atoms with Crippen molar-refractivity contribution in [1.82, 2.24) is 29.5 Å². The zero-order valence-corrected chi connectivity index (χ0v) is 25.5. The van der Waals surface area contributed by atoms with Gasteiger partial charge in [-0.3, -0.25) is 9.59 Å². The predicted molar refractivity (Wildman–Crippen MR) is 168 cm³/mol. The third kappa shape index (κ3) is 7.65. The fourth-order valence-corrected chi connectivity index (χ4v) is 4.48. The second-order valence-electron chi connectivity index (χ2n) is 9.99. The summed E-state index contributed by atoms with van der Waals surface area (Å²) in [6.45, 7) is 2.82. The molecule has 0 spiro atoms. The fraction of sp³-hybridized carbons (Fsp3) is 0.321. The van der Waals surface area contributed by atoms with Crippen LogP contribution in [-0.4, -0.2) is 96.9 Å². The van der Waals surface area contributed by atoms with Gasteiger partial charge in [-0.2, -0.15) is 4.98 Å². The highest BCUT2D eigenvalue weighted by molar-refractivity contribution is 6.33. The van der Waals surface area contributed by atoms with Crippen LogP contribution in [0.4, 0.5) is 17.5 Å². The summed E-state index contributed by atoms with van der Waals surface area (Å²) in [6, 6.07) is 9.63. The normalized spacial score (nSPS) is 11.3. The number of halogens is 2. The van der Waals surface area contributed by atoms with Crippen LogP contribution in [0.3, 0.4) is 0 Å². The molecule has 1 amide bonds. The molecule has 42 heavy (non-hydrogen) atoms. The Labute approximate surface area is 253 Å². The van der Waals surface area contributed by atoms with Gasteiger partial charge in [0.05, 0.1) is 5.56 Å². The van der Waals surface area contributed by atoms with Gasteiger partial charge in [-0.1, -0.05) is 23.2 Å². The number of benzene rings is 1. The number of rotatable bonds is 12. The lowest BCUT2D eigenvalue weighted by Gasteiger charge is -2.14. The Balaban J connectivity index is 1.62. The van der Waals surface area contributed by atoms with Crippen molar-refractivity contribution in [3.8, 4) is 11.1 Å². The van der Waals surface area contributed by atoms with Crippen LogP contribution >= 0.6 is 23.2 Å². The van der Waals surface area contributed by atoms with E-state index in [4.69, 9.17) is 28.0 Å². The Bertz CT molecular complexity index is 1640. The molecule has 1 aromatic carbocycles. The molecule has 0 unspecified atom stereocenters. The first-order valence-electron chi connectivity index (χ1n) is 13.1. The average molecular weight is 615 g/mol. The van der Waals surface area contributed by atoms with Gasteiger partial charge in [0, 0.05) is 59.6 Å². The standard InChI is InChI=1S/C28H33Cl2N9O3/c1-37(2)10-8-31-24-14-17(13-23(30)35-24)26(40)34-19-6-7-22(29)20(15-19)21-12-18-16-33-28(32-9-11-38(3)4)36-25(18)39(42-5)27(21)41/h6-7,12-16H,8-11H2,1-5H3,(H,31,35)(H,34,40)(H,32,33,36). The summed E-state index contributed by atoms with van der Waals surface area (Å²) in [4.78, 5) is 49.2. The van der Waals surface area contributed by atoms with E-state index in [1.54, 1.807) is 36.5 Å². The van der Waals surface area contributed by atoms with Crippen LogP contribution in [0.5, 0.6) is 0 Å². The van der Waals surface area contributed by atoms with E-state index in [1.165, 1.54) is 13.2 Å². The van der Waals surface area contributed by atoms with Crippen molar-refractivity contribution in [2.24, 2.45) is 0 Å². The topological polar surface area (TPSA) is 130 Å². The van der Waals surface area contributed by atoms with E-state index in [0.29, 0.717) is 57.7 Å². The number of anilines is 3. The molecule has 3 heterocycles. The largest absolute Gasteiger partial charge is 0.412 e. The Kier molecular flexibility index (Phi) is 10.2. The number of nitrogens with zero attached hydrogens (tertiary/aromatic N) is 6. The zero-order chi connectivity index (χ0) is 30.4. The number of nitrogens with one attached hydrogen (secondary N) is 3. The van der Waals surface area contributed by atoms with E-state index in [9.17, 15) is 9.59 Å². The molecule has 3 N–H and O–H groups in total. The third-order valence-corrected chi connectivity index (χ3v) is 6.69. The van der Waals surface area contributed by atoms with Gasteiger partial charge in [0.2, 0.25) is 5.95 Å². The lowest BCUT2D eigenvalue weighted by atomic mass is 10.1. The number of likely N-dealkylation sites (N-methyl/N-ethyl adjacent to an activating group) is 2. The minimum atomic E-state index is -0.470. The summed E-state index contributed by atoms with van der Waals surface area (Å²) >= 11 is 12.7. The summed E-state index contributed by atoms with van der Waals surface area (Å²) in [6.07, 6.45) is 1.61. The number of carbonyl (C=O) groups excluding carboxylic acids is 1. The first-order valence-corrected chi connectivity index (χ1v) is 13.8. The number of fused-ring (bicyclic) bond motifs is 1. The molecule has 14 heteroatoms. The maximum absolute atomic E-state index is 13.5. The highest BCUT2D eigenvalue weighted by atomic mass is 35.5. The van der Waals surface area contributed by atoms with E-state index < -0.39 is 11.5 Å². The quantitative estimate of drug-likeness (QED) is 0.204. The number of hydrogen-bond donors (Lipinski definition) is 3. The van der Waals surface area contributed by atoms with Gasteiger partial charge in [0.25, 0.3) is 11.5 Å². The molecule has 4 rings (SSSR count). The van der Waals surface area contributed by atoms with Crippen molar-refractivity contribution in [1.29, 1.82) is 0 Å². The van der Waals surface area contributed by atoms with Crippen molar-refractivity contribution >= 4 is 57.6 Å². The van der Waals surface area contributed by atoms with Crippen LogP contribution in [-0.2, 0) is 0 Å². The van der Waals surface area contributed by atoms with Gasteiger partial charge >= 0.3 is 0 Å². The maximum Gasteiger partial charge on any atom is 0.293 e. The summed E-state index contributed by atoms with van der Waals surface area (Å²) in [5, 5.41) is 10.2. The summed E-state index contributed by atoms with van der Waals surface area (Å²) in [5.74, 6) is 0.455. The first-order chi connectivity index (χ1) is 20.0. The number of amides is 1. The van der Waals surface area contributed by atoms with Crippen LogP contribution in [0.25, 0.3) is 22.2 Å². The van der Waals surface area contributed by atoms with Crippen LogP contribution in [0.2, 0.25) is 10.2 Å². The fourth-order valence-electron chi connectivity index (χ4n) is 4.05. The Morgan fingerprint density at radius 1 is 0.952 bits per heavy atom. The van der Waals surface area contributed by atoms with Gasteiger partial charge in [-0.25, -0.2) is 9.97 Å². The van der Waals surface area contributed by atoms with Crippen LogP contribution in [0, 0.1) is 0 Å². The van der Waals surface area contributed by atoms with Crippen molar-refractivity contribution in [2.75, 3.05) is 77.4 Å². The minimum Gasteiger partial charge on any atom is -0.412 e. The second kappa shape index (κ2) is 13.8. The van der Waals surface area contributed by atoms with E-state index in [-0.39, 0.29) is 10.7 Å². The lowest BCUT2D eigenvalue weighted by Crippen LogP contribution is -2.28. The monoisotopic (exact) mass is 613 g/mol. The van der Waals surface area contributed by atoms with E-state index in [1.807, 2.05) is 38.0 Å². The van der Waals surface area contributed by atoms with Gasteiger partial charge < -0.3 is 30.6 Å². The molecule has 0 fully saturated rings. The first kappa shape index (κ1) is 31.0. The summed E-state index contributed by atoms with van der Waals surface area (Å²) in [7, 11) is 9.24. The molecule has 222 valence electrons. The van der Waals surface area contributed by atoms with E-state index >= 15 is 0 Å².